The molecule has 0 amide bonds. The number of piperidine rings is 1. The number of pyridine rings is 1. The molecular weight excluding hydrogens is 296 g/mol. The summed E-state index contributed by atoms with van der Waals surface area (Å²) < 4.78 is 6.29. The minimum atomic E-state index is 0.445. The third kappa shape index (κ3) is 1.70. The Bertz CT molecular complexity index is 973. The Balaban J connectivity index is 1.79. The highest BCUT2D eigenvalue weighted by Crippen LogP contribution is 2.55. The van der Waals surface area contributed by atoms with Crippen LogP contribution in [0, 0.1) is 19.3 Å². The van der Waals surface area contributed by atoms with Crippen LogP contribution in [-0.4, -0.2) is 17.1 Å². The van der Waals surface area contributed by atoms with Gasteiger partial charge in [0.2, 0.25) is 5.71 Å². The third-order valence-electron chi connectivity index (χ3n) is 6.65. The fourth-order valence-corrected chi connectivity index (χ4v) is 5.10. The monoisotopic (exact) mass is 320 g/mol. The molecule has 2 aromatic heterocycles. The van der Waals surface area contributed by atoms with E-state index in [1.165, 1.54) is 35.9 Å². The Morgan fingerprint density at radius 2 is 1.96 bits per heavy atom. The first-order chi connectivity index (χ1) is 11.5. The SMILES string of the molecule is Cc1ccc2c(n1)oc1c(N3C4CCC(C)(C4)[C@@H]3C)c(C)ccc12. The van der Waals surface area contributed by atoms with Gasteiger partial charge in [0.05, 0.1) is 5.69 Å². The highest BCUT2D eigenvalue weighted by atomic mass is 16.3. The van der Waals surface area contributed by atoms with Crippen LogP contribution in [0.4, 0.5) is 5.69 Å². The maximum Gasteiger partial charge on any atom is 0.227 e. The number of aromatic nitrogens is 1. The number of anilines is 1. The van der Waals surface area contributed by atoms with E-state index >= 15 is 0 Å². The summed E-state index contributed by atoms with van der Waals surface area (Å²) in [5.41, 5.74) is 5.83. The number of aryl methyl sites for hydroxylation is 2. The molecule has 0 spiro atoms. The molecule has 3 atom stereocenters. The van der Waals surface area contributed by atoms with Gasteiger partial charge >= 0.3 is 0 Å². The summed E-state index contributed by atoms with van der Waals surface area (Å²) in [6.07, 6.45) is 3.96. The summed E-state index contributed by atoms with van der Waals surface area (Å²) in [6.45, 7) is 9.07. The first kappa shape index (κ1) is 14.3. The van der Waals surface area contributed by atoms with Crippen LogP contribution in [0.25, 0.3) is 22.1 Å². The van der Waals surface area contributed by atoms with E-state index in [4.69, 9.17) is 4.42 Å². The van der Waals surface area contributed by atoms with Gasteiger partial charge in [-0.3, -0.25) is 0 Å². The maximum atomic E-state index is 6.29. The summed E-state index contributed by atoms with van der Waals surface area (Å²) in [5.74, 6) is 0. The van der Waals surface area contributed by atoms with Crippen LogP contribution in [0.2, 0.25) is 0 Å². The zero-order chi connectivity index (χ0) is 16.6. The van der Waals surface area contributed by atoms with Crippen LogP contribution >= 0.6 is 0 Å². The Kier molecular flexibility index (Phi) is 2.70. The van der Waals surface area contributed by atoms with Gasteiger partial charge in [0.15, 0.2) is 5.58 Å². The van der Waals surface area contributed by atoms with Crippen molar-refractivity contribution in [1.29, 1.82) is 0 Å². The van der Waals surface area contributed by atoms with E-state index in [1.54, 1.807) is 0 Å². The lowest BCUT2D eigenvalue weighted by atomic mass is 9.82. The first-order valence-electron chi connectivity index (χ1n) is 9.06. The van der Waals surface area contributed by atoms with Gasteiger partial charge in [0.25, 0.3) is 0 Å². The van der Waals surface area contributed by atoms with Crippen LogP contribution in [0.15, 0.2) is 28.7 Å². The smallest absolute Gasteiger partial charge is 0.227 e. The second-order valence-corrected chi connectivity index (χ2v) is 8.15. The van der Waals surface area contributed by atoms with E-state index in [-0.39, 0.29) is 0 Å². The van der Waals surface area contributed by atoms with Gasteiger partial charge in [0, 0.05) is 28.6 Å². The van der Waals surface area contributed by atoms with E-state index in [9.17, 15) is 0 Å². The summed E-state index contributed by atoms with van der Waals surface area (Å²) in [7, 11) is 0. The molecule has 1 saturated carbocycles. The molecule has 1 aromatic carbocycles. The standard InChI is InChI=1S/C21H24N2O/c1-12-5-7-16-17-8-6-13(2)22-20(17)24-19(16)18(12)23-14(3)21(4)10-9-15(23)11-21/h5-8,14-15H,9-11H2,1-4H3/t14-,15?,21?/m0/s1. The minimum Gasteiger partial charge on any atom is -0.436 e. The zero-order valence-corrected chi connectivity index (χ0v) is 14.9. The van der Waals surface area contributed by atoms with E-state index in [0.29, 0.717) is 17.5 Å². The van der Waals surface area contributed by atoms with Gasteiger partial charge in [-0.25, -0.2) is 4.98 Å². The number of fused-ring (bicyclic) bond motifs is 5. The van der Waals surface area contributed by atoms with E-state index in [1.807, 2.05) is 6.92 Å². The van der Waals surface area contributed by atoms with Crippen molar-refractivity contribution in [3.05, 3.63) is 35.5 Å². The average molecular weight is 320 g/mol. The Morgan fingerprint density at radius 1 is 1.17 bits per heavy atom. The lowest BCUT2D eigenvalue weighted by molar-refractivity contribution is 0.295. The molecule has 0 radical (unpaired) electrons. The molecule has 124 valence electrons. The predicted octanol–water partition coefficient (Wildman–Crippen LogP) is 5.37. The van der Waals surface area contributed by atoms with Crippen LogP contribution in [0.1, 0.15) is 44.4 Å². The van der Waals surface area contributed by atoms with Crippen molar-refractivity contribution >= 4 is 27.8 Å². The van der Waals surface area contributed by atoms with Crippen molar-refractivity contribution in [2.75, 3.05) is 4.90 Å². The topological polar surface area (TPSA) is 29.3 Å². The molecule has 2 aliphatic rings. The summed E-state index contributed by atoms with van der Waals surface area (Å²) in [6, 6.07) is 9.85. The molecule has 24 heavy (non-hydrogen) atoms. The lowest BCUT2D eigenvalue weighted by Crippen LogP contribution is -2.42. The van der Waals surface area contributed by atoms with Gasteiger partial charge in [-0.1, -0.05) is 19.1 Å². The Hall–Kier alpha value is -2.03. The van der Waals surface area contributed by atoms with E-state index in [2.05, 4.69) is 54.9 Å². The summed E-state index contributed by atoms with van der Waals surface area (Å²) >= 11 is 0. The van der Waals surface area contributed by atoms with Gasteiger partial charge in [-0.15, -0.1) is 0 Å². The quantitative estimate of drug-likeness (QED) is 0.604. The second kappa shape index (κ2) is 4.53. The summed E-state index contributed by atoms with van der Waals surface area (Å²) in [4.78, 5) is 7.25. The lowest BCUT2D eigenvalue weighted by Gasteiger charge is -2.40. The van der Waals surface area contributed by atoms with Crippen molar-refractivity contribution in [3.8, 4) is 0 Å². The van der Waals surface area contributed by atoms with Crippen molar-refractivity contribution in [3.63, 3.8) is 0 Å². The molecule has 1 aliphatic carbocycles. The molecule has 3 aromatic rings. The average Bonchev–Trinajstić information content (AvgIpc) is 3.16. The molecule has 0 N–H and O–H groups in total. The second-order valence-electron chi connectivity index (χ2n) is 8.15. The number of nitrogens with zero attached hydrogens (tertiary/aromatic N) is 2. The van der Waals surface area contributed by atoms with Crippen molar-refractivity contribution in [1.82, 2.24) is 4.98 Å². The number of hydrogen-bond acceptors (Lipinski definition) is 3. The van der Waals surface area contributed by atoms with Crippen LogP contribution < -0.4 is 4.90 Å². The Morgan fingerprint density at radius 3 is 2.71 bits per heavy atom. The van der Waals surface area contributed by atoms with Gasteiger partial charge in [-0.2, -0.15) is 0 Å². The number of furan rings is 1. The largest absolute Gasteiger partial charge is 0.436 e. The van der Waals surface area contributed by atoms with Gasteiger partial charge in [-0.05, 0) is 63.1 Å². The molecule has 2 fully saturated rings. The van der Waals surface area contributed by atoms with Gasteiger partial charge < -0.3 is 9.32 Å². The van der Waals surface area contributed by atoms with Crippen LogP contribution in [0.3, 0.4) is 0 Å². The van der Waals surface area contributed by atoms with Gasteiger partial charge in [0.1, 0.15) is 0 Å². The zero-order valence-electron chi connectivity index (χ0n) is 14.9. The third-order valence-corrected chi connectivity index (χ3v) is 6.65. The highest BCUT2D eigenvalue weighted by molar-refractivity contribution is 6.08. The molecule has 3 heterocycles. The minimum absolute atomic E-state index is 0.445. The van der Waals surface area contributed by atoms with E-state index in [0.717, 1.165) is 22.4 Å². The van der Waals surface area contributed by atoms with E-state index < -0.39 is 0 Å². The molecule has 3 heteroatoms. The molecular formula is C21H24N2O. The molecule has 2 unspecified atom stereocenters. The van der Waals surface area contributed by atoms with Crippen molar-refractivity contribution < 1.29 is 4.42 Å². The molecule has 1 saturated heterocycles. The fraction of sp³-hybridized carbons (Fsp3) is 0.476. The molecule has 5 rings (SSSR count). The number of benzene rings is 1. The highest BCUT2D eigenvalue weighted by Gasteiger charge is 2.52. The fourth-order valence-electron chi connectivity index (χ4n) is 5.10. The first-order valence-corrected chi connectivity index (χ1v) is 9.06. The number of hydrogen-bond donors (Lipinski definition) is 0. The normalized spacial score (nSPS) is 29.2. The summed E-state index contributed by atoms with van der Waals surface area (Å²) in [5, 5.41) is 2.32. The molecule has 2 bridgehead atoms. The Labute approximate surface area is 142 Å². The van der Waals surface area contributed by atoms with Crippen molar-refractivity contribution in [2.24, 2.45) is 5.41 Å². The van der Waals surface area contributed by atoms with Crippen LogP contribution in [0.5, 0.6) is 0 Å². The molecule has 3 nitrogen and oxygen atoms in total. The van der Waals surface area contributed by atoms with Crippen molar-refractivity contribution in [2.45, 2.75) is 59.0 Å². The number of rotatable bonds is 1. The molecule has 1 aliphatic heterocycles. The predicted molar refractivity (Wildman–Crippen MR) is 98.7 cm³/mol. The van der Waals surface area contributed by atoms with Crippen LogP contribution in [-0.2, 0) is 0 Å². The maximum absolute atomic E-state index is 6.29.